The van der Waals surface area contributed by atoms with Crippen LogP contribution in [-0.2, 0) is 0 Å². The third-order valence-corrected chi connectivity index (χ3v) is 4.17. The second-order valence-corrected chi connectivity index (χ2v) is 6.65. The highest BCUT2D eigenvalue weighted by Crippen LogP contribution is 2.27. The van der Waals surface area contributed by atoms with E-state index in [1.165, 1.54) is 6.26 Å². The lowest BCUT2D eigenvalue weighted by molar-refractivity contribution is 0.0627. The van der Waals surface area contributed by atoms with Gasteiger partial charge in [0.1, 0.15) is 30.8 Å². The Hall–Kier alpha value is -2.67. The van der Waals surface area contributed by atoms with Gasteiger partial charge in [0, 0.05) is 16.8 Å². The Balaban J connectivity index is 1.45. The number of hydrogen-bond donors (Lipinski definition) is 2. The Kier molecular flexibility index (Phi) is 6.81. The van der Waals surface area contributed by atoms with Crippen LogP contribution in [0.2, 0.25) is 10.0 Å². The van der Waals surface area contributed by atoms with E-state index in [-0.39, 0.29) is 24.9 Å². The summed E-state index contributed by atoms with van der Waals surface area (Å²) in [5.74, 6) is 0.815. The fourth-order valence-electron chi connectivity index (χ4n) is 2.25. The van der Waals surface area contributed by atoms with Crippen molar-refractivity contribution in [1.29, 1.82) is 0 Å². The van der Waals surface area contributed by atoms with Crippen LogP contribution >= 0.6 is 23.2 Å². The molecule has 8 heteroatoms. The van der Waals surface area contributed by atoms with Gasteiger partial charge in [-0.3, -0.25) is 4.79 Å². The van der Waals surface area contributed by atoms with Gasteiger partial charge in [0.05, 0.1) is 11.3 Å². The van der Waals surface area contributed by atoms with Crippen LogP contribution in [0.4, 0.5) is 5.69 Å². The molecule has 146 valence electrons. The van der Waals surface area contributed by atoms with Gasteiger partial charge in [0.15, 0.2) is 5.76 Å². The van der Waals surface area contributed by atoms with E-state index in [4.69, 9.17) is 37.1 Å². The molecule has 2 aromatic carbocycles. The first-order valence-electron chi connectivity index (χ1n) is 8.35. The molecular weight excluding hydrogens is 405 g/mol. The van der Waals surface area contributed by atoms with Crippen LogP contribution in [0.1, 0.15) is 10.6 Å². The van der Waals surface area contributed by atoms with E-state index in [9.17, 15) is 9.90 Å². The molecule has 1 amide bonds. The molecule has 3 aromatic rings. The number of carbonyl (C=O) groups is 1. The lowest BCUT2D eigenvalue weighted by Crippen LogP contribution is -2.25. The highest BCUT2D eigenvalue weighted by molar-refractivity contribution is 6.34. The number of benzene rings is 2. The van der Waals surface area contributed by atoms with Crippen LogP contribution in [0.25, 0.3) is 0 Å². The lowest BCUT2D eigenvalue weighted by atomic mass is 10.3. The molecule has 0 aliphatic rings. The summed E-state index contributed by atoms with van der Waals surface area (Å²) < 4.78 is 16.0. The molecule has 0 aliphatic heterocycles. The zero-order valence-electron chi connectivity index (χ0n) is 14.6. The predicted molar refractivity (Wildman–Crippen MR) is 107 cm³/mol. The summed E-state index contributed by atoms with van der Waals surface area (Å²) >= 11 is 11.9. The highest BCUT2D eigenvalue weighted by atomic mass is 35.5. The molecule has 0 aliphatic carbocycles. The van der Waals surface area contributed by atoms with Crippen LogP contribution in [0.5, 0.6) is 11.5 Å². The topological polar surface area (TPSA) is 80.9 Å². The first kappa shape index (κ1) is 20.1. The summed E-state index contributed by atoms with van der Waals surface area (Å²) in [6.07, 6.45) is 0.565. The molecule has 0 unspecified atom stereocenters. The highest BCUT2D eigenvalue weighted by Gasteiger charge is 2.11. The summed E-state index contributed by atoms with van der Waals surface area (Å²) in [4.78, 5) is 11.9. The molecule has 0 bridgehead atoms. The SMILES string of the molecule is O=C(Nc1ccc(OC[C@@H](O)COc2cc(Cl)ccc2Cl)cc1)c1ccco1. The Labute approximate surface area is 171 Å². The maximum absolute atomic E-state index is 11.9. The molecule has 0 saturated heterocycles. The predicted octanol–water partition coefficient (Wildman–Crippen LogP) is 4.66. The Morgan fingerprint density at radius 3 is 2.54 bits per heavy atom. The number of amides is 1. The number of anilines is 1. The van der Waals surface area contributed by atoms with Crippen molar-refractivity contribution in [2.75, 3.05) is 18.5 Å². The maximum Gasteiger partial charge on any atom is 0.291 e. The number of halogens is 2. The summed E-state index contributed by atoms with van der Waals surface area (Å²) in [5.41, 5.74) is 0.591. The van der Waals surface area contributed by atoms with Crippen molar-refractivity contribution < 1.29 is 23.8 Å². The van der Waals surface area contributed by atoms with Crippen molar-refractivity contribution in [3.63, 3.8) is 0 Å². The van der Waals surface area contributed by atoms with Gasteiger partial charge in [0.2, 0.25) is 0 Å². The lowest BCUT2D eigenvalue weighted by Gasteiger charge is -2.14. The van der Waals surface area contributed by atoms with Gasteiger partial charge in [-0.1, -0.05) is 23.2 Å². The van der Waals surface area contributed by atoms with Gasteiger partial charge in [-0.25, -0.2) is 0 Å². The molecule has 2 N–H and O–H groups in total. The van der Waals surface area contributed by atoms with E-state index < -0.39 is 6.10 Å². The summed E-state index contributed by atoms with van der Waals surface area (Å²) in [5, 5.41) is 13.6. The van der Waals surface area contributed by atoms with Crippen molar-refractivity contribution in [2.45, 2.75) is 6.10 Å². The molecule has 1 atom stereocenters. The number of furan rings is 1. The summed E-state index contributed by atoms with van der Waals surface area (Å²) in [6.45, 7) is 0.0215. The molecule has 0 radical (unpaired) electrons. The molecule has 6 nitrogen and oxygen atoms in total. The van der Waals surface area contributed by atoms with E-state index in [1.54, 1.807) is 54.6 Å². The fraction of sp³-hybridized carbons (Fsp3) is 0.150. The Bertz CT molecular complexity index is 913. The van der Waals surface area contributed by atoms with Crippen molar-refractivity contribution in [3.05, 3.63) is 76.7 Å². The number of nitrogens with one attached hydrogen (secondary N) is 1. The van der Waals surface area contributed by atoms with E-state index >= 15 is 0 Å². The molecule has 1 aromatic heterocycles. The zero-order valence-corrected chi connectivity index (χ0v) is 16.1. The van der Waals surface area contributed by atoms with Gasteiger partial charge in [0.25, 0.3) is 5.91 Å². The van der Waals surface area contributed by atoms with E-state index in [2.05, 4.69) is 5.32 Å². The number of carbonyl (C=O) groups excluding carboxylic acids is 1. The maximum atomic E-state index is 11.9. The second kappa shape index (κ2) is 9.50. The van der Waals surface area contributed by atoms with Crippen molar-refractivity contribution in [1.82, 2.24) is 0 Å². The average molecular weight is 422 g/mol. The van der Waals surface area contributed by atoms with Crippen LogP contribution in [0.3, 0.4) is 0 Å². The minimum absolute atomic E-state index is 0.00263. The zero-order chi connectivity index (χ0) is 19.9. The quantitative estimate of drug-likeness (QED) is 0.552. The molecule has 1 heterocycles. The minimum Gasteiger partial charge on any atom is -0.491 e. The van der Waals surface area contributed by atoms with Crippen LogP contribution in [-0.4, -0.2) is 30.3 Å². The van der Waals surface area contributed by atoms with Crippen molar-refractivity contribution in [3.8, 4) is 11.5 Å². The first-order valence-corrected chi connectivity index (χ1v) is 9.10. The number of aliphatic hydroxyl groups is 1. The Morgan fingerprint density at radius 1 is 1.07 bits per heavy atom. The van der Waals surface area contributed by atoms with Crippen LogP contribution in [0.15, 0.2) is 65.3 Å². The first-order chi connectivity index (χ1) is 13.5. The molecule has 0 spiro atoms. The van der Waals surface area contributed by atoms with Crippen LogP contribution in [0, 0.1) is 0 Å². The van der Waals surface area contributed by atoms with Gasteiger partial charge < -0.3 is 24.3 Å². The number of ether oxygens (including phenoxy) is 2. The van der Waals surface area contributed by atoms with Gasteiger partial charge in [-0.05, 0) is 48.5 Å². The average Bonchev–Trinajstić information content (AvgIpc) is 3.23. The van der Waals surface area contributed by atoms with Gasteiger partial charge >= 0.3 is 0 Å². The second-order valence-electron chi connectivity index (χ2n) is 5.81. The normalized spacial score (nSPS) is 11.7. The van der Waals surface area contributed by atoms with Crippen LogP contribution < -0.4 is 14.8 Å². The van der Waals surface area contributed by atoms with E-state index in [1.807, 2.05) is 0 Å². The molecule has 3 rings (SSSR count). The molecule has 0 fully saturated rings. The monoisotopic (exact) mass is 421 g/mol. The third kappa shape index (κ3) is 5.66. The third-order valence-electron chi connectivity index (χ3n) is 3.62. The van der Waals surface area contributed by atoms with E-state index in [0.29, 0.717) is 27.2 Å². The van der Waals surface area contributed by atoms with Gasteiger partial charge in [-0.2, -0.15) is 0 Å². The number of hydrogen-bond acceptors (Lipinski definition) is 5. The standard InChI is InChI=1S/C20H17Cl2NO5/c21-13-3-8-17(22)19(10-13)28-12-15(24)11-27-16-6-4-14(5-7-16)23-20(25)18-2-1-9-26-18/h1-10,15,24H,11-12H2,(H,23,25)/t15-/m1/s1. The molecule has 0 saturated carbocycles. The number of aliphatic hydroxyl groups excluding tert-OH is 1. The summed E-state index contributed by atoms with van der Waals surface area (Å²) in [6, 6.07) is 14.8. The summed E-state index contributed by atoms with van der Waals surface area (Å²) in [7, 11) is 0. The Morgan fingerprint density at radius 2 is 1.82 bits per heavy atom. The van der Waals surface area contributed by atoms with Crippen molar-refractivity contribution >= 4 is 34.8 Å². The molecular formula is C20H17Cl2NO5. The van der Waals surface area contributed by atoms with E-state index in [0.717, 1.165) is 0 Å². The smallest absolute Gasteiger partial charge is 0.291 e. The number of rotatable bonds is 8. The minimum atomic E-state index is -0.867. The molecule has 28 heavy (non-hydrogen) atoms. The fourth-order valence-corrected chi connectivity index (χ4v) is 2.58. The van der Waals surface area contributed by atoms with Gasteiger partial charge in [-0.15, -0.1) is 0 Å². The van der Waals surface area contributed by atoms with Crippen molar-refractivity contribution in [2.24, 2.45) is 0 Å². The largest absolute Gasteiger partial charge is 0.491 e.